The molecule has 1 saturated heterocycles. The molecule has 0 aliphatic carbocycles. The summed E-state index contributed by atoms with van der Waals surface area (Å²) in [5.74, 6) is -1.04. The third kappa shape index (κ3) is 2.69. The van der Waals surface area contributed by atoms with Gasteiger partial charge in [0.05, 0.1) is 5.52 Å². The molecule has 1 aliphatic rings. The van der Waals surface area contributed by atoms with E-state index in [0.717, 1.165) is 5.69 Å². The van der Waals surface area contributed by atoms with E-state index in [2.05, 4.69) is 0 Å². The van der Waals surface area contributed by atoms with Crippen LogP contribution in [0.5, 0.6) is 0 Å². The van der Waals surface area contributed by atoms with E-state index in [1.807, 2.05) is 30.3 Å². The van der Waals surface area contributed by atoms with Gasteiger partial charge in [-0.05, 0) is 24.3 Å². The number of benzene rings is 2. The van der Waals surface area contributed by atoms with Gasteiger partial charge in [-0.3, -0.25) is 19.1 Å². The molecule has 0 atom stereocenters. The summed E-state index contributed by atoms with van der Waals surface area (Å²) >= 11 is 0. The van der Waals surface area contributed by atoms with Gasteiger partial charge in [0, 0.05) is 5.69 Å². The Morgan fingerprint density at radius 2 is 1.72 bits per heavy atom. The molecule has 0 unspecified atom stereocenters. The van der Waals surface area contributed by atoms with Crippen molar-refractivity contribution in [2.24, 2.45) is 0 Å². The first kappa shape index (κ1) is 15.2. The number of anilines is 1. The Morgan fingerprint density at radius 1 is 1.00 bits per heavy atom. The van der Waals surface area contributed by atoms with Gasteiger partial charge >= 0.3 is 5.76 Å². The number of hydrogen-bond acceptors (Lipinski definition) is 4. The third-order valence-corrected chi connectivity index (χ3v) is 4.23. The van der Waals surface area contributed by atoms with Crippen molar-refractivity contribution in [3.63, 3.8) is 0 Å². The number of aromatic nitrogens is 1. The molecule has 7 nitrogen and oxygen atoms in total. The quantitative estimate of drug-likeness (QED) is 0.724. The molecule has 1 fully saturated rings. The Kier molecular flexibility index (Phi) is 3.61. The molecule has 0 radical (unpaired) electrons. The predicted molar refractivity (Wildman–Crippen MR) is 91.0 cm³/mol. The summed E-state index contributed by atoms with van der Waals surface area (Å²) in [6.07, 6.45) is 0. The van der Waals surface area contributed by atoms with Crippen molar-refractivity contribution in [2.45, 2.75) is 6.54 Å². The van der Waals surface area contributed by atoms with Gasteiger partial charge in [-0.25, -0.2) is 4.79 Å². The first-order valence-corrected chi connectivity index (χ1v) is 7.85. The second-order valence-electron chi connectivity index (χ2n) is 5.81. The molecule has 2 heterocycles. The molecule has 25 heavy (non-hydrogen) atoms. The molecule has 0 N–H and O–H groups in total. The maximum absolute atomic E-state index is 12.6. The number of nitrogens with zero attached hydrogens (tertiary/aromatic N) is 3. The third-order valence-electron chi connectivity index (χ3n) is 4.23. The van der Waals surface area contributed by atoms with Crippen molar-refractivity contribution in [2.75, 3.05) is 18.1 Å². The molecular weight excluding hydrogens is 322 g/mol. The van der Waals surface area contributed by atoms with E-state index in [0.29, 0.717) is 11.1 Å². The van der Waals surface area contributed by atoms with Gasteiger partial charge in [0.15, 0.2) is 5.58 Å². The fourth-order valence-electron chi connectivity index (χ4n) is 2.95. The van der Waals surface area contributed by atoms with Gasteiger partial charge in [-0.15, -0.1) is 0 Å². The highest BCUT2D eigenvalue weighted by Crippen LogP contribution is 2.19. The number of rotatable bonds is 3. The lowest BCUT2D eigenvalue weighted by molar-refractivity contribution is -0.132. The van der Waals surface area contributed by atoms with Crippen LogP contribution in [0.25, 0.3) is 11.1 Å². The Hall–Kier alpha value is -3.35. The molecule has 126 valence electrons. The molecule has 4 rings (SSSR count). The topological polar surface area (TPSA) is 75.8 Å². The lowest BCUT2D eigenvalue weighted by Crippen LogP contribution is -2.35. The van der Waals surface area contributed by atoms with Crippen LogP contribution in [0.4, 0.5) is 5.69 Å². The molecule has 0 spiro atoms. The molecule has 1 aliphatic heterocycles. The highest BCUT2D eigenvalue weighted by atomic mass is 16.4. The zero-order chi connectivity index (χ0) is 17.4. The van der Waals surface area contributed by atoms with E-state index in [9.17, 15) is 14.4 Å². The first-order chi connectivity index (χ1) is 12.1. The number of carbonyl (C=O) groups excluding carboxylic acids is 2. The average Bonchev–Trinajstić information content (AvgIpc) is 3.16. The van der Waals surface area contributed by atoms with E-state index in [-0.39, 0.29) is 31.6 Å². The van der Waals surface area contributed by atoms with Gasteiger partial charge in [0.2, 0.25) is 11.8 Å². The van der Waals surface area contributed by atoms with Crippen LogP contribution in [0, 0.1) is 0 Å². The Morgan fingerprint density at radius 3 is 2.52 bits per heavy atom. The van der Waals surface area contributed by atoms with E-state index in [4.69, 9.17) is 4.42 Å². The molecule has 2 amide bonds. The summed E-state index contributed by atoms with van der Waals surface area (Å²) in [5.41, 5.74) is 1.74. The SMILES string of the molecule is O=C(Cn1c(=O)oc2ccccc21)N1CC(=O)N(c2ccccc2)C1. The Labute approximate surface area is 142 Å². The molecule has 0 saturated carbocycles. The van der Waals surface area contributed by atoms with Crippen LogP contribution in [-0.4, -0.2) is 34.5 Å². The van der Waals surface area contributed by atoms with E-state index in [1.54, 1.807) is 29.2 Å². The summed E-state index contributed by atoms with van der Waals surface area (Å²) < 4.78 is 6.42. The number of fused-ring (bicyclic) bond motifs is 1. The normalized spacial score (nSPS) is 14.5. The van der Waals surface area contributed by atoms with Crippen LogP contribution in [0.15, 0.2) is 63.8 Å². The summed E-state index contributed by atoms with van der Waals surface area (Å²) in [5, 5.41) is 0. The zero-order valence-electron chi connectivity index (χ0n) is 13.3. The smallest absolute Gasteiger partial charge is 0.408 e. The zero-order valence-corrected chi connectivity index (χ0v) is 13.3. The van der Waals surface area contributed by atoms with Gasteiger partial charge < -0.3 is 9.32 Å². The molecule has 7 heteroatoms. The van der Waals surface area contributed by atoms with E-state index < -0.39 is 5.76 Å². The van der Waals surface area contributed by atoms with Crippen LogP contribution in [-0.2, 0) is 16.1 Å². The van der Waals surface area contributed by atoms with Gasteiger partial charge in [-0.1, -0.05) is 30.3 Å². The molecule has 0 bridgehead atoms. The summed E-state index contributed by atoms with van der Waals surface area (Å²) in [6.45, 7) is 0.0102. The van der Waals surface area contributed by atoms with Crippen molar-refractivity contribution in [1.29, 1.82) is 0 Å². The maximum Gasteiger partial charge on any atom is 0.420 e. The molecule has 1 aromatic heterocycles. The molecule has 2 aromatic carbocycles. The molecular formula is C18H15N3O4. The van der Waals surface area contributed by atoms with Crippen molar-refractivity contribution in [3.05, 3.63) is 65.1 Å². The maximum atomic E-state index is 12.6. The minimum atomic E-state index is -0.583. The number of oxazole rings is 1. The van der Waals surface area contributed by atoms with Crippen LogP contribution in [0.2, 0.25) is 0 Å². The van der Waals surface area contributed by atoms with Crippen molar-refractivity contribution >= 4 is 28.6 Å². The number of amides is 2. The average molecular weight is 337 g/mol. The highest BCUT2D eigenvalue weighted by molar-refractivity contribution is 6.00. The van der Waals surface area contributed by atoms with Crippen LogP contribution in [0.1, 0.15) is 0 Å². The summed E-state index contributed by atoms with van der Waals surface area (Å²) in [4.78, 5) is 39.8. The standard InChI is InChI=1S/C18H15N3O4/c22-16(11-20-14-8-4-5-9-15(14)25-18(20)24)19-10-17(23)21(12-19)13-6-2-1-3-7-13/h1-9H,10-12H2. The fraction of sp³-hybridized carbons (Fsp3) is 0.167. The largest absolute Gasteiger partial charge is 0.420 e. The number of para-hydroxylation sites is 3. The van der Waals surface area contributed by atoms with Crippen LogP contribution < -0.4 is 10.7 Å². The second-order valence-corrected chi connectivity index (χ2v) is 5.81. The predicted octanol–water partition coefficient (Wildman–Crippen LogP) is 1.43. The Balaban J connectivity index is 1.55. The van der Waals surface area contributed by atoms with Crippen LogP contribution >= 0.6 is 0 Å². The van der Waals surface area contributed by atoms with Crippen LogP contribution in [0.3, 0.4) is 0 Å². The van der Waals surface area contributed by atoms with Gasteiger partial charge in [0.25, 0.3) is 0 Å². The van der Waals surface area contributed by atoms with Gasteiger partial charge in [-0.2, -0.15) is 0 Å². The van der Waals surface area contributed by atoms with Gasteiger partial charge in [0.1, 0.15) is 19.8 Å². The van der Waals surface area contributed by atoms with Crippen molar-refractivity contribution in [3.8, 4) is 0 Å². The van der Waals surface area contributed by atoms with E-state index >= 15 is 0 Å². The summed E-state index contributed by atoms with van der Waals surface area (Å²) in [6, 6.07) is 16.1. The lowest BCUT2D eigenvalue weighted by atomic mass is 10.3. The van der Waals surface area contributed by atoms with Crippen molar-refractivity contribution in [1.82, 2.24) is 9.47 Å². The fourth-order valence-corrected chi connectivity index (χ4v) is 2.95. The number of carbonyl (C=O) groups is 2. The highest BCUT2D eigenvalue weighted by Gasteiger charge is 2.32. The summed E-state index contributed by atoms with van der Waals surface area (Å²) in [7, 11) is 0. The minimum Gasteiger partial charge on any atom is -0.408 e. The first-order valence-electron chi connectivity index (χ1n) is 7.85. The van der Waals surface area contributed by atoms with Crippen molar-refractivity contribution < 1.29 is 14.0 Å². The monoisotopic (exact) mass is 337 g/mol. The lowest BCUT2D eigenvalue weighted by Gasteiger charge is -2.18. The van der Waals surface area contributed by atoms with E-state index in [1.165, 1.54) is 9.47 Å². The second kappa shape index (κ2) is 5.94. The Bertz CT molecular complexity index is 1010. The molecule has 3 aromatic rings. The number of hydrogen-bond donors (Lipinski definition) is 0. The minimum absolute atomic E-state index is 0.00172.